The number of amides is 1. The minimum atomic E-state index is -0.285. The van der Waals surface area contributed by atoms with Gasteiger partial charge < -0.3 is 16.0 Å². The Morgan fingerprint density at radius 2 is 1.90 bits per heavy atom. The average Bonchev–Trinajstić information content (AvgIpc) is 3.24. The molecule has 5 nitrogen and oxygen atoms in total. The first kappa shape index (κ1) is 20.8. The molecular weight excluding hydrogens is 379 g/mol. The van der Waals surface area contributed by atoms with Gasteiger partial charge in [-0.2, -0.15) is 0 Å². The number of aromatic nitrogens is 1. The van der Waals surface area contributed by atoms with Crippen molar-refractivity contribution in [2.24, 2.45) is 0 Å². The number of hydrogen-bond acceptors (Lipinski definition) is 4. The minimum Gasteiger partial charge on any atom is -0.383 e. The Bertz CT molecular complexity index is 864. The number of nitrogens with zero attached hydrogens (tertiary/aromatic N) is 2. The van der Waals surface area contributed by atoms with E-state index in [1.165, 1.54) is 12.0 Å². The second-order valence-electron chi connectivity index (χ2n) is 8.56. The summed E-state index contributed by atoms with van der Waals surface area (Å²) >= 11 is 0. The third kappa shape index (κ3) is 4.81. The Morgan fingerprint density at radius 1 is 1.13 bits per heavy atom. The van der Waals surface area contributed by atoms with Crippen molar-refractivity contribution in [2.45, 2.75) is 50.5 Å². The maximum Gasteiger partial charge on any atom is 0.255 e. The molecule has 2 aliphatic rings. The normalized spacial score (nSPS) is 20.4. The highest BCUT2D eigenvalue weighted by Gasteiger charge is 2.23. The minimum absolute atomic E-state index is 0.135. The van der Waals surface area contributed by atoms with Crippen molar-refractivity contribution in [2.75, 3.05) is 32.0 Å². The molecule has 1 saturated heterocycles. The van der Waals surface area contributed by atoms with Gasteiger partial charge in [-0.1, -0.05) is 43.5 Å². The van der Waals surface area contributed by atoms with Crippen LogP contribution in [0.3, 0.4) is 0 Å². The Labute approximate surface area is 177 Å². The zero-order valence-electron chi connectivity index (χ0n) is 17.4. The Kier molecular flexibility index (Phi) is 6.62. The van der Waals surface area contributed by atoms with E-state index < -0.39 is 0 Å². The topological polar surface area (TPSA) is 71.2 Å². The van der Waals surface area contributed by atoms with Gasteiger partial charge in [0, 0.05) is 30.9 Å². The molecule has 1 aromatic heterocycles. The zero-order valence-corrected chi connectivity index (χ0v) is 17.4. The van der Waals surface area contributed by atoms with Crippen LogP contribution < -0.4 is 11.1 Å². The number of pyridine rings is 1. The molecule has 1 amide bonds. The summed E-state index contributed by atoms with van der Waals surface area (Å²) < 4.78 is 12.6. The fourth-order valence-corrected chi connectivity index (χ4v) is 4.70. The molecule has 0 radical (unpaired) electrons. The lowest BCUT2D eigenvalue weighted by molar-refractivity contribution is 0.0928. The Balaban J connectivity index is 1.46. The van der Waals surface area contributed by atoms with Crippen molar-refractivity contribution < 1.29 is 9.18 Å². The molecule has 6 heteroatoms. The number of anilines is 1. The van der Waals surface area contributed by atoms with E-state index in [4.69, 9.17) is 5.73 Å². The van der Waals surface area contributed by atoms with Gasteiger partial charge in [0.25, 0.3) is 5.91 Å². The van der Waals surface area contributed by atoms with Crippen LogP contribution >= 0.6 is 0 Å². The molecule has 1 aliphatic carbocycles. The molecule has 3 N–H and O–H groups in total. The lowest BCUT2D eigenvalue weighted by Gasteiger charge is -2.23. The Hall–Kier alpha value is -2.47. The predicted molar refractivity (Wildman–Crippen MR) is 118 cm³/mol. The van der Waals surface area contributed by atoms with Crippen molar-refractivity contribution in [3.05, 3.63) is 47.7 Å². The van der Waals surface area contributed by atoms with Crippen molar-refractivity contribution in [3.63, 3.8) is 0 Å². The molecule has 1 saturated carbocycles. The second-order valence-corrected chi connectivity index (χ2v) is 8.56. The summed E-state index contributed by atoms with van der Waals surface area (Å²) in [5.41, 5.74) is 9.63. The van der Waals surface area contributed by atoms with Gasteiger partial charge in [-0.3, -0.25) is 4.79 Å². The molecule has 1 aliphatic heterocycles. The number of carbonyl (C=O) groups excluding carboxylic acids is 1. The number of nitrogens with one attached hydrogen (secondary N) is 1. The van der Waals surface area contributed by atoms with E-state index in [9.17, 15) is 9.18 Å². The van der Waals surface area contributed by atoms with E-state index >= 15 is 0 Å². The number of nitrogens with two attached hydrogens (primary N) is 1. The molecule has 2 aromatic rings. The molecule has 0 spiro atoms. The average molecular weight is 411 g/mol. The van der Waals surface area contributed by atoms with E-state index in [1.54, 1.807) is 6.20 Å². The number of alkyl halides is 1. The van der Waals surface area contributed by atoms with Crippen LogP contribution in [0.1, 0.15) is 60.4 Å². The smallest absolute Gasteiger partial charge is 0.255 e. The van der Waals surface area contributed by atoms with E-state index in [1.807, 2.05) is 6.07 Å². The number of halogens is 1. The molecule has 0 bridgehead atoms. The van der Waals surface area contributed by atoms with Gasteiger partial charge in [0.1, 0.15) is 12.5 Å². The molecule has 30 heavy (non-hydrogen) atoms. The van der Waals surface area contributed by atoms with Crippen molar-refractivity contribution in [1.29, 1.82) is 0 Å². The highest BCUT2D eigenvalue weighted by Crippen LogP contribution is 2.30. The summed E-state index contributed by atoms with van der Waals surface area (Å²) in [5.74, 6) is 0.582. The third-order valence-electron chi connectivity index (χ3n) is 6.49. The fraction of sp³-hybridized carbons (Fsp3) is 0.500. The van der Waals surface area contributed by atoms with Gasteiger partial charge in [-0.15, -0.1) is 0 Å². The van der Waals surface area contributed by atoms with Gasteiger partial charge in [0.15, 0.2) is 0 Å². The first-order chi connectivity index (χ1) is 14.6. The quantitative estimate of drug-likeness (QED) is 0.750. The Morgan fingerprint density at radius 3 is 2.63 bits per heavy atom. The van der Waals surface area contributed by atoms with Gasteiger partial charge >= 0.3 is 0 Å². The number of benzene rings is 1. The van der Waals surface area contributed by atoms with Crippen LogP contribution in [-0.2, 0) is 0 Å². The number of hydrogen-bond donors (Lipinski definition) is 2. The first-order valence-electron chi connectivity index (χ1n) is 11.1. The summed E-state index contributed by atoms with van der Waals surface area (Å²) in [5, 5.41) is 3.13. The van der Waals surface area contributed by atoms with Gasteiger partial charge in [-0.05, 0) is 48.9 Å². The van der Waals surface area contributed by atoms with E-state index in [2.05, 4.69) is 39.5 Å². The lowest BCUT2D eigenvalue weighted by atomic mass is 9.95. The standard InChI is InChI=1S/C24H31FN4O/c25-11-13-29-12-10-19(16-29)17-6-8-18(9-7-17)20-14-22(23(26)27-15-20)24(30)28-21-4-2-1-3-5-21/h6-9,14-15,19,21H,1-5,10-13,16H2,(H2,26,27)(H,28,30)/t19-/m0/s1. The summed E-state index contributed by atoms with van der Waals surface area (Å²) in [6, 6.07) is 10.5. The largest absolute Gasteiger partial charge is 0.383 e. The number of carbonyl (C=O) groups is 1. The molecular formula is C24H31FN4O. The molecule has 4 rings (SSSR count). The van der Waals surface area contributed by atoms with Crippen molar-refractivity contribution in [1.82, 2.24) is 15.2 Å². The van der Waals surface area contributed by atoms with Crippen LogP contribution in [0.25, 0.3) is 11.1 Å². The van der Waals surface area contributed by atoms with Gasteiger partial charge in [0.05, 0.1) is 5.56 Å². The summed E-state index contributed by atoms with van der Waals surface area (Å²) in [7, 11) is 0. The van der Waals surface area contributed by atoms with E-state index in [-0.39, 0.29) is 24.4 Å². The van der Waals surface area contributed by atoms with Crippen LogP contribution in [0, 0.1) is 0 Å². The lowest BCUT2D eigenvalue weighted by Crippen LogP contribution is -2.36. The summed E-state index contributed by atoms with van der Waals surface area (Å²) in [6.45, 7) is 2.11. The van der Waals surface area contributed by atoms with Crippen LogP contribution in [0.5, 0.6) is 0 Å². The highest BCUT2D eigenvalue weighted by molar-refractivity contribution is 5.99. The molecule has 2 fully saturated rings. The van der Waals surface area contributed by atoms with Crippen LogP contribution in [0.4, 0.5) is 10.2 Å². The summed E-state index contributed by atoms with van der Waals surface area (Å²) in [6.07, 6.45) is 8.42. The van der Waals surface area contributed by atoms with Crippen molar-refractivity contribution in [3.8, 4) is 11.1 Å². The maximum atomic E-state index is 12.8. The highest BCUT2D eigenvalue weighted by atomic mass is 19.1. The van der Waals surface area contributed by atoms with Gasteiger partial charge in [-0.25, -0.2) is 9.37 Å². The van der Waals surface area contributed by atoms with Crippen molar-refractivity contribution >= 4 is 11.7 Å². The SMILES string of the molecule is Nc1ncc(-c2ccc([C@H]3CCN(CCF)C3)cc2)cc1C(=O)NC1CCCCC1. The molecule has 1 aromatic carbocycles. The second kappa shape index (κ2) is 9.56. The van der Waals surface area contributed by atoms with Crippen LogP contribution in [-0.4, -0.2) is 48.1 Å². The predicted octanol–water partition coefficient (Wildman–Crippen LogP) is 4.15. The number of rotatable bonds is 6. The number of likely N-dealkylation sites (tertiary alicyclic amines) is 1. The molecule has 2 heterocycles. The van der Waals surface area contributed by atoms with E-state index in [0.29, 0.717) is 18.0 Å². The van der Waals surface area contributed by atoms with E-state index in [0.717, 1.165) is 56.3 Å². The monoisotopic (exact) mass is 410 g/mol. The van der Waals surface area contributed by atoms with Gasteiger partial charge in [0.2, 0.25) is 0 Å². The number of nitrogen functional groups attached to an aromatic ring is 1. The summed E-state index contributed by atoms with van der Waals surface area (Å²) in [4.78, 5) is 19.2. The molecule has 1 atom stereocenters. The fourth-order valence-electron chi connectivity index (χ4n) is 4.70. The first-order valence-corrected chi connectivity index (χ1v) is 11.1. The zero-order chi connectivity index (χ0) is 20.9. The third-order valence-corrected chi connectivity index (χ3v) is 6.49. The maximum absolute atomic E-state index is 12.8. The molecule has 0 unspecified atom stereocenters. The molecule has 160 valence electrons. The van der Waals surface area contributed by atoms with Crippen LogP contribution in [0.2, 0.25) is 0 Å². The van der Waals surface area contributed by atoms with Crippen LogP contribution in [0.15, 0.2) is 36.5 Å².